The molecule has 1 aromatic rings. The Morgan fingerprint density at radius 2 is 1.62 bits per heavy atom. The molecule has 3 aliphatic rings. The van der Waals surface area contributed by atoms with Crippen LogP contribution in [0.25, 0.3) is 0 Å². The number of aryl methyl sites for hydroxylation is 2. The van der Waals surface area contributed by atoms with E-state index in [2.05, 4.69) is 34.9 Å². The predicted octanol–water partition coefficient (Wildman–Crippen LogP) is 3.14. The Morgan fingerprint density at radius 3 is 2.13 bits per heavy atom. The van der Waals surface area contributed by atoms with Gasteiger partial charge in [0.15, 0.2) is 0 Å². The number of likely N-dealkylation sites (tertiary alicyclic amines) is 1. The van der Waals surface area contributed by atoms with E-state index in [9.17, 15) is 19.2 Å². The van der Waals surface area contributed by atoms with Crippen molar-refractivity contribution in [2.45, 2.75) is 109 Å². The number of hydrogen-bond acceptors (Lipinski definition) is 5. The van der Waals surface area contributed by atoms with Crippen LogP contribution in [0, 0.1) is 5.92 Å². The van der Waals surface area contributed by atoms with Crippen LogP contribution in [0.4, 0.5) is 4.79 Å². The van der Waals surface area contributed by atoms with E-state index in [-0.39, 0.29) is 24.8 Å². The Balaban J connectivity index is 0.000000402. The fraction of sp³-hybridized carbons (Fsp3) is 0.655. The molecule has 0 spiro atoms. The van der Waals surface area contributed by atoms with E-state index in [1.807, 2.05) is 0 Å². The first kappa shape index (κ1) is 31.1. The molecule has 10 heteroatoms. The summed E-state index contributed by atoms with van der Waals surface area (Å²) in [6.45, 7) is 5.40. The second-order valence-electron chi connectivity index (χ2n) is 11.6. The number of rotatable bonds is 6. The molecule has 1 saturated carbocycles. The third-order valence-corrected chi connectivity index (χ3v) is 7.50. The summed E-state index contributed by atoms with van der Waals surface area (Å²) < 4.78 is 5.33. The molecule has 0 bridgehead atoms. The fourth-order valence-electron chi connectivity index (χ4n) is 5.68. The van der Waals surface area contributed by atoms with Crippen LogP contribution in [0.15, 0.2) is 24.3 Å². The van der Waals surface area contributed by atoms with Gasteiger partial charge in [0.2, 0.25) is 11.8 Å². The summed E-state index contributed by atoms with van der Waals surface area (Å²) in [5.74, 6) is -1.04. The first-order chi connectivity index (χ1) is 18.1. The van der Waals surface area contributed by atoms with Gasteiger partial charge < -0.3 is 30.8 Å². The van der Waals surface area contributed by atoms with Crippen molar-refractivity contribution in [3.05, 3.63) is 35.4 Å². The Morgan fingerprint density at radius 1 is 1.03 bits per heavy atom. The Hall–Kier alpha value is -4.10. The summed E-state index contributed by atoms with van der Waals surface area (Å²) in [5, 5.41) is 5.21. The molecule has 2 fully saturated rings. The van der Waals surface area contributed by atoms with Crippen molar-refractivity contribution in [1.29, 1.82) is 0 Å². The molecule has 39 heavy (non-hydrogen) atoms. The molecular weight excluding hydrogens is 741 g/mol. The molecule has 3 unspecified atom stereocenters. The third-order valence-electron chi connectivity index (χ3n) is 7.50. The van der Waals surface area contributed by atoms with Crippen LogP contribution >= 0.6 is 0 Å². The maximum Gasteiger partial charge on any atom is 0.408 e. The fourth-order valence-corrected chi connectivity index (χ4v) is 5.68. The van der Waals surface area contributed by atoms with Gasteiger partial charge in [-0.3, -0.25) is 9.59 Å². The number of carbonyl (C=O) groups excluding carboxylic acids is 4. The van der Waals surface area contributed by atoms with Crippen LogP contribution in [0.2, 0.25) is 0 Å². The van der Waals surface area contributed by atoms with Gasteiger partial charge in [-0.15, -0.1) is 0 Å². The number of alkyl carbamates (subject to hydrolysis) is 1. The summed E-state index contributed by atoms with van der Waals surface area (Å²) in [6, 6.07) is 6.78. The Kier molecular flexibility index (Phi) is 11.3. The normalized spacial score (nSPS) is 21.7. The Labute approximate surface area is 226 Å². The molecule has 1 saturated heterocycles. The molecule has 4 amide bonds. The first-order valence-electron chi connectivity index (χ1n) is 13.9. The zero-order valence-electron chi connectivity index (χ0n) is 23.3. The smallest absolute Gasteiger partial charge is 0.408 e. The quantitative estimate of drug-likeness (QED) is 0.302. The van der Waals surface area contributed by atoms with Gasteiger partial charge in [-0.05, 0) is 82.8 Å². The third kappa shape index (κ3) is 9.00. The molecule has 0 aromatic heterocycles. The number of hydrogen-bond donors (Lipinski definition) is 3. The van der Waals surface area contributed by atoms with Gasteiger partial charge in [0.25, 0.3) is 0 Å². The molecule has 222 valence electrons. The average molecular weight is 785 g/mol. The number of nitrogens with zero attached hydrogens (tertiary/aromatic N) is 1. The van der Waals surface area contributed by atoms with Crippen LogP contribution in [-0.2, 0) is 32.0 Å². The van der Waals surface area contributed by atoms with Gasteiger partial charge in [-0.1, -0.05) is 43.5 Å². The molecule has 1 aromatic carbocycles. The van der Waals surface area contributed by atoms with E-state index in [1.165, 1.54) is 30.6 Å². The van der Waals surface area contributed by atoms with Gasteiger partial charge in [0.05, 0.1) is 0 Å². The number of ether oxygens (including phenoxy) is 1. The number of amides is 4. The van der Waals surface area contributed by atoms with Gasteiger partial charge in [-0.2, -0.15) is 6.41 Å². The van der Waals surface area contributed by atoms with E-state index in [0.29, 0.717) is 0 Å². The van der Waals surface area contributed by atoms with Gasteiger partial charge in [0, 0.05) is 12.6 Å². The van der Waals surface area contributed by atoms with Gasteiger partial charge >= 0.3 is 6.09 Å². The van der Waals surface area contributed by atoms with Crippen molar-refractivity contribution in [3.63, 3.8) is 0 Å². The SMILES string of the molecule is CC(C)(C)OC(=O)NC(C(=O)N1CC(N[C-]=O)CC1C(N)=O)C1CCCCC1.[Fm].c1ccc2c(c1)CCCC2. The standard InChI is InChI=1S/C19H31N4O5.C10H12.Fm/c1-19(2,3)28-18(27)22-15(12-7-5-4-6-8-12)17(26)23-10-13(21-11-24)9-14(23)16(20)25;1-2-6-10-8-4-3-7-9(10)5-1;/h12-15H,4-10H2,1-3H3,(H2,20,25)(H,21,24)(H,22,27);1-2,5-6H,3-4,7-8H2;/q-1;;. The minimum absolute atomic E-state index is 0. The largest absolute Gasteiger partial charge is 0.526 e. The molecule has 4 rings (SSSR count). The summed E-state index contributed by atoms with van der Waals surface area (Å²) >= 11 is 0. The van der Waals surface area contributed by atoms with Crippen molar-refractivity contribution < 1.29 is 23.9 Å². The number of nitrogens with two attached hydrogens (primary N) is 1. The van der Waals surface area contributed by atoms with E-state index in [4.69, 9.17) is 10.5 Å². The number of fused-ring (bicyclic) bond motifs is 1. The molecule has 1 heterocycles. The Bertz CT molecular complexity index is 952. The first-order valence-corrected chi connectivity index (χ1v) is 13.9. The zero-order valence-corrected chi connectivity index (χ0v) is 25.7. The summed E-state index contributed by atoms with van der Waals surface area (Å²) in [7, 11) is 0. The monoisotopic (exact) mass is 784 g/mol. The maximum absolute atomic E-state index is 13.3. The topological polar surface area (TPSA) is 131 Å². The van der Waals surface area contributed by atoms with Crippen molar-refractivity contribution in [2.75, 3.05) is 6.54 Å². The van der Waals surface area contributed by atoms with Crippen molar-refractivity contribution in [1.82, 2.24) is 15.5 Å². The van der Waals surface area contributed by atoms with Crippen molar-refractivity contribution in [3.8, 4) is 0 Å². The van der Waals surface area contributed by atoms with E-state index < -0.39 is 35.7 Å². The second kappa shape index (κ2) is 14.2. The predicted molar refractivity (Wildman–Crippen MR) is 145 cm³/mol. The van der Waals surface area contributed by atoms with Crippen LogP contribution in [-0.4, -0.2) is 59.5 Å². The zero-order chi connectivity index (χ0) is 27.7. The molecular formula is C29H43FmN4O5-. The van der Waals surface area contributed by atoms with E-state index in [1.54, 1.807) is 38.3 Å². The molecule has 4 N–H and O–H groups in total. The summed E-state index contributed by atoms with van der Waals surface area (Å²) in [5.41, 5.74) is 7.94. The number of primary amides is 1. The number of nitrogens with one attached hydrogen (secondary N) is 2. The summed E-state index contributed by atoms with van der Waals surface area (Å²) in [6.07, 6.45) is 11.2. The van der Waals surface area contributed by atoms with Crippen molar-refractivity contribution >= 4 is 24.3 Å². The second-order valence-corrected chi connectivity index (χ2v) is 11.6. The van der Waals surface area contributed by atoms with Gasteiger partial charge in [-0.25, -0.2) is 4.79 Å². The van der Waals surface area contributed by atoms with Crippen molar-refractivity contribution in [2.24, 2.45) is 11.7 Å². The van der Waals surface area contributed by atoms with Crippen LogP contribution in [0.3, 0.4) is 0 Å². The maximum atomic E-state index is 13.3. The molecule has 2 aliphatic carbocycles. The van der Waals surface area contributed by atoms with Crippen LogP contribution in [0.5, 0.6) is 0 Å². The van der Waals surface area contributed by atoms with Crippen LogP contribution < -0.4 is 16.4 Å². The minimum atomic E-state index is -0.829. The minimum Gasteiger partial charge on any atom is -0.526 e. The average Bonchev–Trinajstić information content (AvgIpc) is 3.31. The molecule has 1 aliphatic heterocycles. The van der Waals surface area contributed by atoms with Crippen LogP contribution in [0.1, 0.15) is 83.3 Å². The molecule has 0 radical (unpaired) electrons. The molecule has 9 nitrogen and oxygen atoms in total. The number of benzene rings is 1. The van der Waals surface area contributed by atoms with E-state index in [0.717, 1.165) is 32.1 Å². The number of carbonyl (C=O) groups is 3. The summed E-state index contributed by atoms with van der Waals surface area (Å²) in [4.78, 5) is 49.6. The molecule has 3 atom stereocenters. The van der Waals surface area contributed by atoms with E-state index >= 15 is 0 Å². The van der Waals surface area contributed by atoms with Gasteiger partial charge in [0.1, 0.15) is 17.7 Å².